The molecule has 3 saturated carbocycles. The molecule has 8 aliphatic rings. The summed E-state index contributed by atoms with van der Waals surface area (Å²) in [5.41, 5.74) is 2.96. The van der Waals surface area contributed by atoms with Gasteiger partial charge in [-0.05, 0) is 93.8 Å². The van der Waals surface area contributed by atoms with Gasteiger partial charge in [0.2, 0.25) is 0 Å². The van der Waals surface area contributed by atoms with Crippen LogP contribution in [-0.2, 0) is 47.5 Å². The van der Waals surface area contributed by atoms with Gasteiger partial charge in [0.15, 0.2) is 24.8 Å². The van der Waals surface area contributed by atoms with Crippen LogP contribution in [0.1, 0.15) is 93.4 Å². The number of aliphatic hydroxyl groups is 1. The third kappa shape index (κ3) is 6.16. The van der Waals surface area contributed by atoms with E-state index >= 15 is 0 Å². The van der Waals surface area contributed by atoms with Gasteiger partial charge in [-0.1, -0.05) is 37.1 Å². The van der Waals surface area contributed by atoms with Crippen molar-refractivity contribution in [3.05, 3.63) is 23.3 Å². The summed E-state index contributed by atoms with van der Waals surface area (Å²) in [5, 5.41) is 11.4. The van der Waals surface area contributed by atoms with Gasteiger partial charge in [-0.25, -0.2) is 0 Å². The highest BCUT2D eigenvalue weighted by Crippen LogP contribution is 2.70. The molecule has 16 atom stereocenters. The van der Waals surface area contributed by atoms with Crippen molar-refractivity contribution in [1.29, 1.82) is 0 Å². The number of aliphatic hydroxyl groups excluding tert-OH is 1. The van der Waals surface area contributed by atoms with Crippen LogP contribution in [-0.4, -0.2) is 85.4 Å². The lowest BCUT2D eigenvalue weighted by Gasteiger charge is -2.59. The van der Waals surface area contributed by atoms with E-state index in [1.54, 1.807) is 0 Å². The first-order valence-electron chi connectivity index (χ1n) is 18.8. The second kappa shape index (κ2) is 13.6. The third-order valence-corrected chi connectivity index (χ3v) is 13.7. The lowest BCUT2D eigenvalue weighted by atomic mass is 9.46. The van der Waals surface area contributed by atoms with Crippen LogP contribution in [0.4, 0.5) is 0 Å². The van der Waals surface area contributed by atoms with Gasteiger partial charge in [-0.3, -0.25) is 14.4 Å². The highest BCUT2D eigenvalue weighted by Gasteiger charge is 2.68. The highest BCUT2D eigenvalue weighted by atomic mass is 16.7. The Balaban J connectivity index is 1.07. The minimum absolute atomic E-state index is 0.0535. The predicted molar refractivity (Wildman–Crippen MR) is 179 cm³/mol. The maximum atomic E-state index is 12.1. The van der Waals surface area contributed by atoms with Crippen molar-refractivity contribution in [3.8, 4) is 0 Å². The fourth-order valence-electron chi connectivity index (χ4n) is 11.8. The Morgan fingerprint density at radius 1 is 0.980 bits per heavy atom. The second-order valence-corrected chi connectivity index (χ2v) is 16.8. The molecule has 1 spiro atoms. The van der Waals surface area contributed by atoms with E-state index in [0.717, 1.165) is 32.3 Å². The van der Waals surface area contributed by atoms with Gasteiger partial charge in [0, 0.05) is 32.1 Å². The predicted octanol–water partition coefficient (Wildman–Crippen LogP) is 5.03. The van der Waals surface area contributed by atoms with Crippen molar-refractivity contribution in [3.63, 3.8) is 0 Å². The molecule has 4 saturated heterocycles. The van der Waals surface area contributed by atoms with E-state index in [1.807, 2.05) is 0 Å². The monoisotopic (exact) mass is 700 g/mol. The van der Waals surface area contributed by atoms with Crippen LogP contribution in [0.2, 0.25) is 0 Å². The number of fused-ring (bicyclic) bond motifs is 6. The van der Waals surface area contributed by atoms with Crippen LogP contribution >= 0.6 is 0 Å². The number of rotatable bonds is 7. The molecule has 4 bridgehead atoms. The third-order valence-electron chi connectivity index (χ3n) is 13.7. The lowest BCUT2D eigenvalue weighted by molar-refractivity contribution is -0.316. The van der Waals surface area contributed by atoms with E-state index in [1.165, 1.54) is 44.8 Å². The van der Waals surface area contributed by atoms with E-state index in [0.29, 0.717) is 41.9 Å². The van der Waals surface area contributed by atoms with Gasteiger partial charge >= 0.3 is 17.9 Å². The minimum atomic E-state index is -1.42. The molecule has 4 heterocycles. The van der Waals surface area contributed by atoms with Crippen molar-refractivity contribution in [1.82, 2.24) is 0 Å². The molecule has 0 radical (unpaired) electrons. The van der Waals surface area contributed by atoms with Crippen LogP contribution < -0.4 is 0 Å². The smallest absolute Gasteiger partial charge is 0.303 e. The van der Waals surface area contributed by atoms with Crippen molar-refractivity contribution < 1.29 is 52.6 Å². The summed E-state index contributed by atoms with van der Waals surface area (Å²) < 4.78 is 42.1. The molecule has 0 aromatic heterocycles. The van der Waals surface area contributed by atoms with Gasteiger partial charge in [0.05, 0.1) is 18.8 Å². The Bertz CT molecular complexity index is 1400. The average molecular weight is 701 g/mol. The summed E-state index contributed by atoms with van der Waals surface area (Å²) >= 11 is 0. The summed E-state index contributed by atoms with van der Waals surface area (Å²) in [6.07, 6.45) is 5.68. The number of hydrogen-bond acceptors (Lipinski definition) is 11. The molecule has 7 fully saturated rings. The lowest BCUT2D eigenvalue weighted by Crippen LogP contribution is -2.62. The molecular formula is C39H56O11. The van der Waals surface area contributed by atoms with E-state index in [9.17, 15) is 19.5 Å². The Labute approximate surface area is 295 Å². The van der Waals surface area contributed by atoms with Crippen LogP contribution in [0.5, 0.6) is 0 Å². The van der Waals surface area contributed by atoms with E-state index in [-0.39, 0.29) is 35.9 Å². The number of esters is 3. The molecule has 4 aliphatic heterocycles. The van der Waals surface area contributed by atoms with Gasteiger partial charge in [-0.2, -0.15) is 0 Å². The summed E-state index contributed by atoms with van der Waals surface area (Å²) in [7, 11) is 0. The molecular weight excluding hydrogens is 644 g/mol. The molecule has 0 unspecified atom stereocenters. The number of hydrogen-bond donors (Lipinski definition) is 1. The summed E-state index contributed by atoms with van der Waals surface area (Å²) in [4.78, 5) is 35.7. The van der Waals surface area contributed by atoms with Gasteiger partial charge in [0.25, 0.3) is 0 Å². The Hall–Kier alpha value is -2.31. The van der Waals surface area contributed by atoms with Crippen molar-refractivity contribution in [2.45, 2.75) is 143 Å². The molecule has 4 aliphatic carbocycles. The van der Waals surface area contributed by atoms with Crippen molar-refractivity contribution in [2.24, 2.45) is 46.3 Å². The molecule has 8 rings (SSSR count). The van der Waals surface area contributed by atoms with Crippen LogP contribution in [0.15, 0.2) is 23.3 Å². The Kier molecular flexibility index (Phi) is 9.80. The van der Waals surface area contributed by atoms with Crippen LogP contribution in [0, 0.1) is 46.3 Å². The second-order valence-electron chi connectivity index (χ2n) is 16.8. The fourth-order valence-corrected chi connectivity index (χ4v) is 11.8. The molecule has 0 aromatic rings. The summed E-state index contributed by atoms with van der Waals surface area (Å²) in [6, 6.07) is 0. The zero-order valence-corrected chi connectivity index (χ0v) is 30.6. The molecule has 278 valence electrons. The zero-order valence-electron chi connectivity index (χ0n) is 30.6. The molecule has 1 N–H and O–H groups in total. The first-order chi connectivity index (χ1) is 23.7. The van der Waals surface area contributed by atoms with Crippen LogP contribution in [0.25, 0.3) is 0 Å². The molecule has 11 heteroatoms. The largest absolute Gasteiger partial charge is 0.463 e. The topological polar surface area (TPSA) is 136 Å². The minimum Gasteiger partial charge on any atom is -0.463 e. The normalized spacial score (nSPS) is 47.4. The first kappa shape index (κ1) is 36.1. The van der Waals surface area contributed by atoms with Gasteiger partial charge in [-0.15, -0.1) is 0 Å². The summed E-state index contributed by atoms with van der Waals surface area (Å²) in [6.45, 7) is 13.5. The first-order valence-corrected chi connectivity index (χ1v) is 18.8. The zero-order chi connectivity index (χ0) is 35.7. The standard InChI is InChI=1S/C39H56O11/c1-19(2)14-27-20(3)32-30-16-29-26-9-8-24-15-25(10-12-38(24,7)28(26)11-13-39(29,32)18-45-36(27)49-30)48-37-33(43)35(47-23(6)42)34(46-22(5)41)31(50-37)17-44-21(4)40/h8,14,20,25-37,43H,9-13,15-18H2,1-7H3/t20-,25+,26-,27-,28+,29+,30+,31-,32+,33-,34-,35-,36+,37+,38+,39-/m1/s1. The number of ether oxygens (including phenoxy) is 7. The molecule has 50 heavy (non-hydrogen) atoms. The van der Waals surface area contributed by atoms with Gasteiger partial charge in [0.1, 0.15) is 18.8 Å². The Morgan fingerprint density at radius 2 is 1.72 bits per heavy atom. The number of carbonyl (C=O) groups is 3. The highest BCUT2D eigenvalue weighted by molar-refractivity contribution is 5.68. The van der Waals surface area contributed by atoms with E-state index in [4.69, 9.17) is 33.2 Å². The average Bonchev–Trinajstić information content (AvgIpc) is 3.23. The van der Waals surface area contributed by atoms with Crippen molar-refractivity contribution in [2.75, 3.05) is 13.2 Å². The van der Waals surface area contributed by atoms with E-state index in [2.05, 4.69) is 39.8 Å². The Morgan fingerprint density at radius 3 is 2.42 bits per heavy atom. The number of allylic oxidation sites excluding steroid dienone is 2. The molecule has 0 aromatic carbocycles. The maximum absolute atomic E-state index is 12.1. The molecule has 11 nitrogen and oxygen atoms in total. The van der Waals surface area contributed by atoms with Crippen LogP contribution in [0.3, 0.4) is 0 Å². The van der Waals surface area contributed by atoms with E-state index < -0.39 is 48.6 Å². The number of carbonyl (C=O) groups excluding carboxylic acids is 3. The fraction of sp³-hybridized carbons (Fsp3) is 0.821. The molecule has 0 amide bonds. The van der Waals surface area contributed by atoms with Crippen molar-refractivity contribution >= 4 is 17.9 Å². The summed E-state index contributed by atoms with van der Waals surface area (Å²) in [5.74, 6) is 1.26. The quantitative estimate of drug-likeness (QED) is 0.218. The van der Waals surface area contributed by atoms with Gasteiger partial charge < -0.3 is 38.3 Å². The maximum Gasteiger partial charge on any atom is 0.303 e. The SMILES string of the molecule is CC(=O)OC[C@H]1O[C@H](O[C@H]2CC[C@@]3(C)C(=CC[C@H]4[C@@H]5C[C@@H]6O[C@@H]7OC[C@@]5(CC[C@@H]43)[C@H]6[C@H](C)[C@H]7C=C(C)C)C2)[C@H](O)[C@@H](OC(C)=O)[C@@H]1OC(C)=O.